The third-order valence-corrected chi connectivity index (χ3v) is 4.00. The first-order valence-electron chi connectivity index (χ1n) is 8.66. The van der Waals surface area contributed by atoms with Crippen LogP contribution in [0.2, 0.25) is 0 Å². The van der Waals surface area contributed by atoms with Crippen molar-refractivity contribution in [3.05, 3.63) is 71.7 Å². The summed E-state index contributed by atoms with van der Waals surface area (Å²) in [7, 11) is 0. The molecule has 0 atom stereocenters. The molecule has 0 unspecified atom stereocenters. The lowest BCUT2D eigenvalue weighted by molar-refractivity contribution is -0.116. The average molecular weight is 381 g/mol. The summed E-state index contributed by atoms with van der Waals surface area (Å²) < 4.78 is 19.6. The Morgan fingerprint density at radius 3 is 2.61 bits per heavy atom. The van der Waals surface area contributed by atoms with Gasteiger partial charge in [0.2, 0.25) is 11.8 Å². The van der Waals surface area contributed by atoms with Crippen LogP contribution >= 0.6 is 0 Å². The molecular weight excluding hydrogens is 361 g/mol. The van der Waals surface area contributed by atoms with Crippen molar-refractivity contribution in [2.75, 3.05) is 11.9 Å². The summed E-state index contributed by atoms with van der Waals surface area (Å²) in [4.78, 5) is 14.4. The van der Waals surface area contributed by atoms with Gasteiger partial charge in [-0.25, -0.2) is 9.38 Å². The van der Waals surface area contributed by atoms with Gasteiger partial charge in [0.15, 0.2) is 5.96 Å². The van der Waals surface area contributed by atoms with Gasteiger partial charge in [0.25, 0.3) is 0 Å². The summed E-state index contributed by atoms with van der Waals surface area (Å²) >= 11 is 0. The number of carbonyl (C=O) groups is 1. The fraction of sp³-hybridized carbons (Fsp3) is 0.150. The molecule has 2 aromatic carbocycles. The molecule has 3 rings (SSSR count). The number of nitrogens with zero attached hydrogens (tertiary/aromatic N) is 2. The van der Waals surface area contributed by atoms with Crippen molar-refractivity contribution in [2.24, 2.45) is 16.5 Å². The number of guanidine groups is 1. The van der Waals surface area contributed by atoms with Gasteiger partial charge in [-0.1, -0.05) is 47.6 Å². The zero-order valence-electron chi connectivity index (χ0n) is 15.1. The smallest absolute Gasteiger partial charge is 0.239 e. The second-order valence-electron chi connectivity index (χ2n) is 6.16. The van der Waals surface area contributed by atoms with Crippen molar-refractivity contribution in [3.63, 3.8) is 0 Å². The van der Waals surface area contributed by atoms with E-state index in [2.05, 4.69) is 15.5 Å². The molecule has 144 valence electrons. The van der Waals surface area contributed by atoms with Crippen LogP contribution in [0.4, 0.5) is 10.3 Å². The van der Waals surface area contributed by atoms with Gasteiger partial charge in [-0.2, -0.15) is 0 Å². The molecule has 1 aromatic heterocycles. The molecule has 3 aromatic rings. The molecule has 0 aliphatic heterocycles. The first-order chi connectivity index (χ1) is 13.5. The van der Waals surface area contributed by atoms with Gasteiger partial charge >= 0.3 is 0 Å². The topological polar surface area (TPSA) is 120 Å². The summed E-state index contributed by atoms with van der Waals surface area (Å²) in [5.41, 5.74) is 13.6. The molecule has 28 heavy (non-hydrogen) atoms. The highest BCUT2D eigenvalue weighted by molar-refractivity contribution is 5.92. The second-order valence-corrected chi connectivity index (χ2v) is 6.16. The minimum absolute atomic E-state index is 0.0000665. The van der Waals surface area contributed by atoms with Crippen LogP contribution in [-0.4, -0.2) is 23.6 Å². The number of nitrogens with two attached hydrogens (primary N) is 2. The fourth-order valence-electron chi connectivity index (χ4n) is 2.66. The van der Waals surface area contributed by atoms with Crippen molar-refractivity contribution < 1.29 is 13.7 Å². The maximum Gasteiger partial charge on any atom is 0.239 e. The molecule has 0 aliphatic carbocycles. The monoisotopic (exact) mass is 381 g/mol. The summed E-state index contributed by atoms with van der Waals surface area (Å²) in [6.07, 6.45) is 1.16. The number of benzene rings is 2. The van der Waals surface area contributed by atoms with E-state index in [9.17, 15) is 9.18 Å². The maximum atomic E-state index is 14.4. The average Bonchev–Trinajstić information content (AvgIpc) is 3.13. The van der Waals surface area contributed by atoms with E-state index in [1.807, 2.05) is 36.4 Å². The number of amides is 1. The van der Waals surface area contributed by atoms with E-state index in [1.54, 1.807) is 12.1 Å². The van der Waals surface area contributed by atoms with E-state index in [0.717, 1.165) is 11.1 Å². The van der Waals surface area contributed by atoms with Crippen LogP contribution in [0.5, 0.6) is 0 Å². The van der Waals surface area contributed by atoms with E-state index in [-0.39, 0.29) is 18.3 Å². The third-order valence-electron chi connectivity index (χ3n) is 4.00. The van der Waals surface area contributed by atoms with Gasteiger partial charge in [-0.15, -0.1) is 0 Å². The minimum atomic E-state index is -0.589. The molecule has 1 amide bonds. The number of aryl methyl sites for hydroxylation is 2. The molecular formula is C20H20FN5O2. The van der Waals surface area contributed by atoms with Gasteiger partial charge in [0.1, 0.15) is 12.4 Å². The van der Waals surface area contributed by atoms with Crippen LogP contribution < -0.4 is 16.8 Å². The molecule has 0 bridgehead atoms. The van der Waals surface area contributed by atoms with Gasteiger partial charge in [-0.3, -0.25) is 10.1 Å². The zero-order valence-corrected chi connectivity index (χ0v) is 15.1. The molecule has 0 saturated carbocycles. The van der Waals surface area contributed by atoms with Crippen molar-refractivity contribution in [1.29, 1.82) is 0 Å². The maximum absolute atomic E-state index is 14.4. The predicted molar refractivity (Wildman–Crippen MR) is 105 cm³/mol. The molecule has 8 heteroatoms. The van der Waals surface area contributed by atoms with Crippen molar-refractivity contribution in [2.45, 2.75) is 12.8 Å². The van der Waals surface area contributed by atoms with E-state index in [1.165, 1.54) is 6.07 Å². The van der Waals surface area contributed by atoms with Crippen LogP contribution in [-0.2, 0) is 17.6 Å². The SMILES string of the molecule is NC(=O)CN=C(N)Nc1cc(CCc2ccc(-c3ccccc3)c(F)c2)no1. The Bertz CT molecular complexity index is 985. The van der Waals surface area contributed by atoms with E-state index in [0.29, 0.717) is 30.0 Å². The highest BCUT2D eigenvalue weighted by Crippen LogP contribution is 2.24. The summed E-state index contributed by atoms with van der Waals surface area (Å²) in [5.74, 6) is -0.551. The quantitative estimate of drug-likeness (QED) is 0.429. The fourth-order valence-corrected chi connectivity index (χ4v) is 2.66. The molecule has 7 nitrogen and oxygen atoms in total. The number of primary amides is 1. The lowest BCUT2D eigenvalue weighted by Gasteiger charge is -2.06. The van der Waals surface area contributed by atoms with Gasteiger partial charge in [-0.05, 0) is 30.0 Å². The highest BCUT2D eigenvalue weighted by Gasteiger charge is 2.09. The number of rotatable bonds is 7. The molecule has 0 spiro atoms. The summed E-state index contributed by atoms with van der Waals surface area (Å²) in [5, 5.41) is 6.62. The number of nitrogens with one attached hydrogen (secondary N) is 1. The van der Waals surface area contributed by atoms with E-state index in [4.69, 9.17) is 16.0 Å². The molecule has 0 aliphatic rings. The van der Waals surface area contributed by atoms with E-state index >= 15 is 0 Å². The Hall–Kier alpha value is -3.68. The Morgan fingerprint density at radius 2 is 1.89 bits per heavy atom. The molecule has 5 N–H and O–H groups in total. The van der Waals surface area contributed by atoms with Crippen LogP contribution in [0.15, 0.2) is 64.1 Å². The molecule has 0 radical (unpaired) electrons. The predicted octanol–water partition coefficient (Wildman–Crippen LogP) is 2.48. The normalized spacial score (nSPS) is 11.4. The Balaban J connectivity index is 1.59. The van der Waals surface area contributed by atoms with Gasteiger partial charge in [0, 0.05) is 11.6 Å². The van der Waals surface area contributed by atoms with Crippen molar-refractivity contribution in [3.8, 4) is 11.1 Å². The minimum Gasteiger partial charge on any atom is -0.370 e. The van der Waals surface area contributed by atoms with Gasteiger partial charge < -0.3 is 16.0 Å². The first kappa shape index (κ1) is 19.1. The summed E-state index contributed by atoms with van der Waals surface area (Å²) in [6.45, 7) is -0.218. The van der Waals surface area contributed by atoms with E-state index < -0.39 is 5.91 Å². The Morgan fingerprint density at radius 1 is 1.11 bits per heavy atom. The lowest BCUT2D eigenvalue weighted by atomic mass is 10.0. The number of hydrogen-bond acceptors (Lipinski definition) is 4. The number of anilines is 1. The number of aromatic nitrogens is 1. The second kappa shape index (κ2) is 8.81. The number of aliphatic imine (C=N–C) groups is 1. The summed E-state index contributed by atoms with van der Waals surface area (Å²) in [6, 6.07) is 16.3. The Kier molecular flexibility index (Phi) is 6.01. The standard InChI is InChI=1S/C20H20FN5O2/c21-17-10-13(7-9-16(17)14-4-2-1-3-5-14)6-8-15-11-19(28-26-15)25-20(23)24-12-18(22)27/h1-5,7,9-11H,6,8,12H2,(H2,22,27)(H3,23,24,25). The van der Waals surface area contributed by atoms with Crippen LogP contribution in [0.1, 0.15) is 11.3 Å². The number of hydrogen-bond donors (Lipinski definition) is 3. The highest BCUT2D eigenvalue weighted by atomic mass is 19.1. The molecule has 1 heterocycles. The number of halogens is 1. The van der Waals surface area contributed by atoms with Crippen molar-refractivity contribution >= 4 is 17.8 Å². The number of carbonyl (C=O) groups excluding carboxylic acids is 1. The first-order valence-corrected chi connectivity index (χ1v) is 8.66. The molecule has 0 fully saturated rings. The Labute approximate surface area is 161 Å². The van der Waals surface area contributed by atoms with Crippen LogP contribution in [0.25, 0.3) is 11.1 Å². The third kappa shape index (κ3) is 5.16. The largest absolute Gasteiger partial charge is 0.370 e. The molecule has 0 saturated heterocycles. The van der Waals surface area contributed by atoms with Crippen molar-refractivity contribution in [1.82, 2.24) is 5.16 Å². The van der Waals surface area contributed by atoms with Gasteiger partial charge in [0.05, 0.1) is 5.69 Å². The van der Waals surface area contributed by atoms with Crippen LogP contribution in [0, 0.1) is 5.82 Å². The van der Waals surface area contributed by atoms with Crippen LogP contribution in [0.3, 0.4) is 0 Å². The zero-order chi connectivity index (χ0) is 19.9. The lowest BCUT2D eigenvalue weighted by Crippen LogP contribution is -2.25.